The van der Waals surface area contributed by atoms with E-state index >= 15 is 0 Å². The van der Waals surface area contributed by atoms with Crippen molar-refractivity contribution >= 4 is 15.7 Å². The molecule has 0 saturated heterocycles. The molecule has 4 nitrogen and oxygen atoms in total. The van der Waals surface area contributed by atoms with Gasteiger partial charge < -0.3 is 4.90 Å². The summed E-state index contributed by atoms with van der Waals surface area (Å²) in [5.74, 6) is -11.1. The smallest absolute Gasteiger partial charge is 0.238 e. The molecule has 0 atom stereocenters. The summed E-state index contributed by atoms with van der Waals surface area (Å²) in [6, 6.07) is 9.86. The number of benzene rings is 3. The van der Waals surface area contributed by atoms with Gasteiger partial charge in [0.15, 0.2) is 23.3 Å². The van der Waals surface area contributed by atoms with Crippen LogP contribution >= 0.6 is 0 Å². The van der Waals surface area contributed by atoms with E-state index in [0.29, 0.717) is 5.56 Å². The van der Waals surface area contributed by atoms with Gasteiger partial charge in [0.05, 0.1) is 4.90 Å². The van der Waals surface area contributed by atoms with Crippen molar-refractivity contribution in [1.82, 2.24) is 0 Å². The van der Waals surface area contributed by atoms with Crippen molar-refractivity contribution in [2.24, 2.45) is 5.14 Å². The van der Waals surface area contributed by atoms with Crippen molar-refractivity contribution in [2.45, 2.75) is 18.0 Å². The molecule has 0 aliphatic rings. The molecule has 0 spiro atoms. The minimum Gasteiger partial charge on any atom is -0.363 e. The van der Waals surface area contributed by atoms with Crippen LogP contribution in [0.25, 0.3) is 0 Å². The number of nitrogens with zero attached hydrogens (tertiary/aromatic N) is 1. The highest BCUT2D eigenvalue weighted by Gasteiger charge is 2.27. The second kappa shape index (κ2) is 8.60. The zero-order chi connectivity index (χ0) is 22.9. The van der Waals surface area contributed by atoms with Crippen molar-refractivity contribution in [3.63, 3.8) is 0 Å². The quantitative estimate of drug-likeness (QED) is 0.338. The number of hydrogen-bond acceptors (Lipinski definition) is 3. The number of rotatable bonds is 6. The summed E-state index contributed by atoms with van der Waals surface area (Å²) >= 11 is 0. The van der Waals surface area contributed by atoms with E-state index in [1.54, 1.807) is 0 Å². The third kappa shape index (κ3) is 4.83. The summed E-state index contributed by atoms with van der Waals surface area (Å²) in [5, 5.41) is 5.10. The topological polar surface area (TPSA) is 63.4 Å². The van der Waals surface area contributed by atoms with Crippen LogP contribution in [0.15, 0.2) is 53.4 Å². The van der Waals surface area contributed by atoms with E-state index in [2.05, 4.69) is 0 Å². The third-order valence-electron chi connectivity index (χ3n) is 4.45. The van der Waals surface area contributed by atoms with Crippen LogP contribution in [0.5, 0.6) is 0 Å². The molecule has 3 rings (SSSR count). The summed E-state index contributed by atoms with van der Waals surface area (Å²) in [6.07, 6.45) is 0. The van der Waals surface area contributed by atoms with Gasteiger partial charge in [-0.1, -0.05) is 18.2 Å². The van der Waals surface area contributed by atoms with E-state index in [9.17, 15) is 34.8 Å². The summed E-state index contributed by atoms with van der Waals surface area (Å²) in [4.78, 5) is 0.840. The molecular formula is C20H14F6N2O2S. The van der Waals surface area contributed by atoms with E-state index in [4.69, 9.17) is 5.14 Å². The molecule has 3 aromatic carbocycles. The van der Waals surface area contributed by atoms with Crippen LogP contribution in [-0.2, 0) is 23.1 Å². The second-order valence-corrected chi connectivity index (χ2v) is 8.13. The summed E-state index contributed by atoms with van der Waals surface area (Å²) in [7, 11) is -4.14. The number of halogens is 6. The molecule has 2 N–H and O–H groups in total. The predicted octanol–water partition coefficient (Wildman–Crippen LogP) is 4.38. The lowest BCUT2D eigenvalue weighted by molar-refractivity contribution is 0.369. The molecule has 0 saturated carbocycles. The summed E-state index contributed by atoms with van der Waals surface area (Å²) < 4.78 is 106. The van der Waals surface area contributed by atoms with E-state index < -0.39 is 57.0 Å². The van der Waals surface area contributed by atoms with Gasteiger partial charge in [-0.2, -0.15) is 0 Å². The first-order chi connectivity index (χ1) is 14.5. The number of anilines is 1. The Morgan fingerprint density at radius 1 is 0.742 bits per heavy atom. The van der Waals surface area contributed by atoms with Crippen molar-refractivity contribution in [1.29, 1.82) is 0 Å². The van der Waals surface area contributed by atoms with Crippen LogP contribution in [0.3, 0.4) is 0 Å². The Kier molecular flexibility index (Phi) is 6.27. The van der Waals surface area contributed by atoms with Crippen LogP contribution in [-0.4, -0.2) is 8.42 Å². The van der Waals surface area contributed by atoms with Gasteiger partial charge in [-0.25, -0.2) is 39.9 Å². The molecule has 0 unspecified atom stereocenters. The molecule has 0 amide bonds. The molecule has 0 aliphatic heterocycles. The van der Waals surface area contributed by atoms with E-state index in [-0.39, 0.29) is 17.1 Å². The Labute approximate surface area is 173 Å². The molecular weight excluding hydrogens is 446 g/mol. The van der Waals surface area contributed by atoms with Crippen molar-refractivity contribution < 1.29 is 34.8 Å². The monoisotopic (exact) mass is 460 g/mol. The van der Waals surface area contributed by atoms with Gasteiger partial charge in [0.25, 0.3) is 0 Å². The van der Waals surface area contributed by atoms with Gasteiger partial charge in [-0.05, 0) is 35.9 Å². The first kappa shape index (κ1) is 22.6. The van der Waals surface area contributed by atoms with Crippen LogP contribution in [0.4, 0.5) is 32.0 Å². The number of primary sulfonamides is 1. The van der Waals surface area contributed by atoms with Crippen LogP contribution in [0.1, 0.15) is 11.1 Å². The Hall–Kier alpha value is -3.05. The first-order valence-electron chi connectivity index (χ1n) is 8.61. The molecule has 0 aliphatic carbocycles. The molecule has 0 radical (unpaired) electrons. The average Bonchev–Trinajstić information content (AvgIpc) is 2.74. The molecule has 0 bridgehead atoms. The SMILES string of the molecule is NS(=O)(=O)c1cccc(N(Cc2ccc(F)cc2)Cc2c(F)c(F)c(F)c(F)c2F)c1. The van der Waals surface area contributed by atoms with Crippen molar-refractivity contribution in [3.05, 3.63) is 94.6 Å². The highest BCUT2D eigenvalue weighted by atomic mass is 32.2. The lowest BCUT2D eigenvalue weighted by Gasteiger charge is -2.26. The van der Waals surface area contributed by atoms with E-state index in [0.717, 1.165) is 18.2 Å². The largest absolute Gasteiger partial charge is 0.363 e. The molecule has 3 aromatic rings. The van der Waals surface area contributed by atoms with Crippen molar-refractivity contribution in [3.8, 4) is 0 Å². The standard InChI is InChI=1S/C20H14F6N2O2S/c21-12-6-4-11(5-7-12)9-28(13-2-1-3-14(8-13)31(27,29)30)10-15-16(22)18(24)20(26)19(25)17(15)23/h1-8H,9-10H2,(H2,27,29,30). The molecule has 164 valence electrons. The van der Waals surface area contributed by atoms with Gasteiger partial charge >= 0.3 is 0 Å². The van der Waals surface area contributed by atoms with Crippen molar-refractivity contribution in [2.75, 3.05) is 4.90 Å². The fraction of sp³-hybridized carbons (Fsp3) is 0.100. The Morgan fingerprint density at radius 3 is 1.84 bits per heavy atom. The lowest BCUT2D eigenvalue weighted by atomic mass is 10.1. The van der Waals surface area contributed by atoms with Gasteiger partial charge in [0.1, 0.15) is 5.82 Å². The number of nitrogens with two attached hydrogens (primary N) is 1. The summed E-state index contributed by atoms with van der Waals surface area (Å²) in [5.41, 5.74) is -0.620. The minimum absolute atomic E-state index is 0.0693. The minimum atomic E-state index is -4.14. The Morgan fingerprint density at radius 2 is 1.29 bits per heavy atom. The zero-order valence-electron chi connectivity index (χ0n) is 15.6. The Bertz CT molecular complexity index is 1200. The van der Waals surface area contributed by atoms with Crippen LogP contribution < -0.4 is 10.0 Å². The molecule has 0 aromatic heterocycles. The van der Waals surface area contributed by atoms with Crippen LogP contribution in [0.2, 0.25) is 0 Å². The maximum Gasteiger partial charge on any atom is 0.238 e. The Balaban J connectivity index is 2.11. The maximum absolute atomic E-state index is 14.2. The molecule has 31 heavy (non-hydrogen) atoms. The average molecular weight is 460 g/mol. The van der Waals surface area contributed by atoms with Gasteiger partial charge in [-0.3, -0.25) is 0 Å². The van der Waals surface area contributed by atoms with E-state index in [1.807, 2.05) is 0 Å². The van der Waals surface area contributed by atoms with Crippen LogP contribution in [0, 0.1) is 34.9 Å². The van der Waals surface area contributed by atoms with E-state index in [1.165, 1.54) is 35.2 Å². The predicted molar refractivity (Wildman–Crippen MR) is 100 cm³/mol. The van der Waals surface area contributed by atoms with Gasteiger partial charge in [-0.15, -0.1) is 0 Å². The number of sulfonamides is 1. The zero-order valence-corrected chi connectivity index (χ0v) is 16.4. The summed E-state index contributed by atoms with van der Waals surface area (Å²) in [6.45, 7) is -0.981. The first-order valence-corrected chi connectivity index (χ1v) is 10.2. The molecule has 0 heterocycles. The number of hydrogen-bond donors (Lipinski definition) is 1. The second-order valence-electron chi connectivity index (χ2n) is 6.57. The lowest BCUT2D eigenvalue weighted by Crippen LogP contribution is -2.25. The highest BCUT2D eigenvalue weighted by molar-refractivity contribution is 7.89. The molecule has 11 heteroatoms. The van der Waals surface area contributed by atoms with Gasteiger partial charge in [0.2, 0.25) is 15.8 Å². The fourth-order valence-electron chi connectivity index (χ4n) is 2.89. The maximum atomic E-state index is 14.2. The fourth-order valence-corrected chi connectivity index (χ4v) is 3.44. The normalized spacial score (nSPS) is 11.6. The molecule has 0 fully saturated rings. The highest BCUT2D eigenvalue weighted by Crippen LogP contribution is 2.28. The van der Waals surface area contributed by atoms with Gasteiger partial charge in [0, 0.05) is 24.3 Å². The third-order valence-corrected chi connectivity index (χ3v) is 5.36.